The van der Waals surface area contributed by atoms with E-state index >= 15 is 0 Å². The van der Waals surface area contributed by atoms with Gasteiger partial charge >= 0.3 is 11.9 Å². The highest BCUT2D eigenvalue weighted by Crippen LogP contribution is 2.26. The number of likely N-dealkylation sites (tertiary alicyclic amines) is 1. The molecule has 1 amide bonds. The summed E-state index contributed by atoms with van der Waals surface area (Å²) in [5.74, 6) is -4.45. The maximum Gasteiger partial charge on any atom is 0.309 e. The molecule has 0 saturated carbocycles. The summed E-state index contributed by atoms with van der Waals surface area (Å²) in [4.78, 5) is 36.1. The summed E-state index contributed by atoms with van der Waals surface area (Å²) in [5.41, 5.74) is 0.748. The summed E-state index contributed by atoms with van der Waals surface area (Å²) in [5, 5.41) is 21.9. The molecule has 2 rings (SSSR count). The van der Waals surface area contributed by atoms with Crippen molar-refractivity contribution < 1.29 is 29.1 Å². The third kappa shape index (κ3) is 2.74. The number of carboxylic acid groups (broad SMARTS) is 2. The highest BCUT2D eigenvalue weighted by Gasteiger charge is 2.40. The number of carbonyl (C=O) groups excluding carboxylic acids is 1. The average Bonchev–Trinajstić information content (AvgIpc) is 2.76. The lowest BCUT2D eigenvalue weighted by Crippen LogP contribution is -2.48. The van der Waals surface area contributed by atoms with Crippen LogP contribution in [0, 0.1) is 25.7 Å². The van der Waals surface area contributed by atoms with Crippen molar-refractivity contribution in [2.75, 3.05) is 13.1 Å². The van der Waals surface area contributed by atoms with Gasteiger partial charge in [-0.05, 0) is 20.3 Å². The van der Waals surface area contributed by atoms with Crippen LogP contribution < -0.4 is 0 Å². The number of nitrogens with zero attached hydrogens (tertiary/aromatic N) is 2. The Kier molecular flexibility index (Phi) is 3.97. The van der Waals surface area contributed by atoms with Gasteiger partial charge in [-0.2, -0.15) is 0 Å². The molecule has 8 heteroatoms. The van der Waals surface area contributed by atoms with Crippen LogP contribution in [0.4, 0.5) is 0 Å². The third-order valence-corrected chi connectivity index (χ3v) is 3.78. The zero-order valence-corrected chi connectivity index (χ0v) is 11.7. The van der Waals surface area contributed by atoms with Gasteiger partial charge < -0.3 is 19.6 Å². The smallest absolute Gasteiger partial charge is 0.309 e. The molecule has 1 aromatic heterocycles. The second kappa shape index (κ2) is 5.55. The zero-order chi connectivity index (χ0) is 15.7. The normalized spacial score (nSPS) is 22.1. The molecule has 2 heterocycles. The molecule has 1 saturated heterocycles. The van der Waals surface area contributed by atoms with E-state index < -0.39 is 23.8 Å². The van der Waals surface area contributed by atoms with E-state index in [9.17, 15) is 14.4 Å². The number of hydrogen-bond acceptors (Lipinski definition) is 5. The first kappa shape index (κ1) is 15.0. The molecule has 114 valence electrons. The van der Waals surface area contributed by atoms with Crippen molar-refractivity contribution in [1.82, 2.24) is 10.1 Å². The Morgan fingerprint density at radius 1 is 1.19 bits per heavy atom. The van der Waals surface area contributed by atoms with Gasteiger partial charge in [0.2, 0.25) is 0 Å². The SMILES string of the molecule is Cc1noc(C)c1C(=O)N1CCC(C(=O)O)C(C(=O)O)C1. The fourth-order valence-corrected chi connectivity index (χ4v) is 2.63. The summed E-state index contributed by atoms with van der Waals surface area (Å²) in [6, 6.07) is 0. The lowest BCUT2D eigenvalue weighted by atomic mass is 9.85. The van der Waals surface area contributed by atoms with E-state index in [-0.39, 0.29) is 25.4 Å². The van der Waals surface area contributed by atoms with Crippen LogP contribution in [0.5, 0.6) is 0 Å². The highest BCUT2D eigenvalue weighted by atomic mass is 16.5. The molecule has 0 aliphatic carbocycles. The fourth-order valence-electron chi connectivity index (χ4n) is 2.63. The molecule has 2 unspecified atom stereocenters. The number of rotatable bonds is 3. The number of piperidine rings is 1. The van der Waals surface area contributed by atoms with Crippen molar-refractivity contribution >= 4 is 17.8 Å². The van der Waals surface area contributed by atoms with E-state index in [2.05, 4.69) is 5.16 Å². The maximum atomic E-state index is 12.4. The Morgan fingerprint density at radius 2 is 1.81 bits per heavy atom. The number of aliphatic carboxylic acids is 2. The van der Waals surface area contributed by atoms with Crippen LogP contribution in [-0.2, 0) is 9.59 Å². The number of hydrogen-bond donors (Lipinski definition) is 2. The number of carboxylic acids is 2. The van der Waals surface area contributed by atoms with Crippen LogP contribution in [0.15, 0.2) is 4.52 Å². The predicted octanol–water partition coefficient (Wildman–Crippen LogP) is 0.539. The summed E-state index contributed by atoms with van der Waals surface area (Å²) in [6.07, 6.45) is 0.113. The average molecular weight is 296 g/mol. The monoisotopic (exact) mass is 296 g/mol. The van der Waals surface area contributed by atoms with Gasteiger partial charge in [-0.25, -0.2) is 0 Å². The molecule has 21 heavy (non-hydrogen) atoms. The van der Waals surface area contributed by atoms with Crippen LogP contribution in [0.3, 0.4) is 0 Å². The Morgan fingerprint density at radius 3 is 2.29 bits per heavy atom. The second-order valence-electron chi connectivity index (χ2n) is 5.13. The summed E-state index contributed by atoms with van der Waals surface area (Å²) in [7, 11) is 0. The maximum absolute atomic E-state index is 12.4. The van der Waals surface area contributed by atoms with Crippen molar-refractivity contribution in [3.8, 4) is 0 Å². The van der Waals surface area contributed by atoms with Crippen LogP contribution in [-0.4, -0.2) is 51.2 Å². The van der Waals surface area contributed by atoms with Gasteiger partial charge in [0.1, 0.15) is 11.3 Å². The van der Waals surface area contributed by atoms with Crippen LogP contribution in [0.2, 0.25) is 0 Å². The molecule has 1 aromatic rings. The van der Waals surface area contributed by atoms with Crippen molar-refractivity contribution in [1.29, 1.82) is 0 Å². The minimum absolute atomic E-state index is 0.113. The van der Waals surface area contributed by atoms with E-state index in [0.29, 0.717) is 17.0 Å². The van der Waals surface area contributed by atoms with Crippen molar-refractivity contribution in [2.24, 2.45) is 11.8 Å². The molecule has 1 aliphatic heterocycles. The minimum Gasteiger partial charge on any atom is -0.481 e. The Labute approximate surface area is 120 Å². The number of amides is 1. The van der Waals surface area contributed by atoms with E-state index in [1.165, 1.54) is 4.90 Å². The van der Waals surface area contributed by atoms with Gasteiger partial charge in [0.05, 0.1) is 17.5 Å². The van der Waals surface area contributed by atoms with Gasteiger partial charge in [0.25, 0.3) is 5.91 Å². The standard InChI is InChI=1S/C13H16N2O6/c1-6-10(7(2)21-14-6)11(16)15-4-3-8(12(17)18)9(5-15)13(19)20/h8-9H,3-5H2,1-2H3,(H,17,18)(H,19,20). The highest BCUT2D eigenvalue weighted by molar-refractivity contribution is 5.96. The van der Waals surface area contributed by atoms with E-state index in [1.807, 2.05) is 0 Å². The predicted molar refractivity (Wildman–Crippen MR) is 68.7 cm³/mol. The van der Waals surface area contributed by atoms with Gasteiger partial charge in [0.15, 0.2) is 0 Å². The third-order valence-electron chi connectivity index (χ3n) is 3.78. The van der Waals surface area contributed by atoms with Gasteiger partial charge in [-0.15, -0.1) is 0 Å². The fraction of sp³-hybridized carbons (Fsp3) is 0.538. The molecular weight excluding hydrogens is 280 g/mol. The largest absolute Gasteiger partial charge is 0.481 e. The molecule has 0 aromatic carbocycles. The van der Waals surface area contributed by atoms with E-state index in [1.54, 1.807) is 13.8 Å². The van der Waals surface area contributed by atoms with Crippen LogP contribution >= 0.6 is 0 Å². The molecule has 0 radical (unpaired) electrons. The molecular formula is C13H16N2O6. The molecule has 0 spiro atoms. The first-order chi connectivity index (χ1) is 9.82. The summed E-state index contributed by atoms with van der Waals surface area (Å²) < 4.78 is 4.93. The molecule has 1 aliphatic rings. The Hall–Kier alpha value is -2.38. The summed E-state index contributed by atoms with van der Waals surface area (Å²) in [6.45, 7) is 3.30. The van der Waals surface area contributed by atoms with Gasteiger partial charge in [-0.1, -0.05) is 5.16 Å². The molecule has 8 nitrogen and oxygen atoms in total. The number of aromatic nitrogens is 1. The lowest BCUT2D eigenvalue weighted by molar-refractivity contribution is -0.156. The van der Waals surface area contributed by atoms with E-state index in [0.717, 1.165) is 0 Å². The van der Waals surface area contributed by atoms with E-state index in [4.69, 9.17) is 14.7 Å². The molecule has 0 bridgehead atoms. The molecule has 2 N–H and O–H groups in total. The number of aryl methyl sites for hydroxylation is 2. The first-order valence-electron chi connectivity index (χ1n) is 6.50. The van der Waals surface area contributed by atoms with Crippen molar-refractivity contribution in [3.63, 3.8) is 0 Å². The summed E-state index contributed by atoms with van der Waals surface area (Å²) >= 11 is 0. The van der Waals surface area contributed by atoms with Crippen molar-refractivity contribution in [2.45, 2.75) is 20.3 Å². The van der Waals surface area contributed by atoms with Crippen LogP contribution in [0.1, 0.15) is 28.2 Å². The van der Waals surface area contributed by atoms with Crippen molar-refractivity contribution in [3.05, 3.63) is 17.0 Å². The zero-order valence-electron chi connectivity index (χ0n) is 11.7. The number of carbonyl (C=O) groups is 3. The Bertz CT molecular complexity index is 574. The minimum atomic E-state index is -1.21. The first-order valence-corrected chi connectivity index (χ1v) is 6.50. The second-order valence-corrected chi connectivity index (χ2v) is 5.13. The lowest BCUT2D eigenvalue weighted by Gasteiger charge is -2.34. The molecule has 1 fully saturated rings. The van der Waals surface area contributed by atoms with Gasteiger partial charge in [-0.3, -0.25) is 14.4 Å². The quantitative estimate of drug-likeness (QED) is 0.834. The molecule has 2 atom stereocenters. The van der Waals surface area contributed by atoms with Crippen LogP contribution in [0.25, 0.3) is 0 Å². The van der Waals surface area contributed by atoms with Gasteiger partial charge in [0, 0.05) is 13.1 Å². The Balaban J connectivity index is 2.22. The topological polar surface area (TPSA) is 121 Å².